The number of hydrogen-bond donors (Lipinski definition) is 0. The standard InChI is InChI=1S/C20H15F3N10O2/c1-32-16(10-34-17-5-3-13(7-25-17)20(21,22)23)15(8-27-32)19-28-18(29-35-19)12-2-4-14(24-6-12)9-33-11-26-30-31-33/h2-8,11H,9-10H2,1H3. The van der Waals surface area contributed by atoms with Crippen LogP contribution in [-0.2, 0) is 26.4 Å². The second kappa shape index (κ2) is 8.92. The van der Waals surface area contributed by atoms with Gasteiger partial charge in [-0.05, 0) is 28.6 Å². The molecule has 0 aromatic carbocycles. The molecule has 0 N–H and O–H groups in total. The summed E-state index contributed by atoms with van der Waals surface area (Å²) in [5, 5.41) is 19.2. The molecule has 0 radical (unpaired) electrons. The number of halogens is 3. The number of tetrazole rings is 1. The fourth-order valence-electron chi connectivity index (χ4n) is 3.11. The highest BCUT2D eigenvalue weighted by Crippen LogP contribution is 2.30. The van der Waals surface area contributed by atoms with Gasteiger partial charge in [0.1, 0.15) is 12.9 Å². The summed E-state index contributed by atoms with van der Waals surface area (Å²) in [4.78, 5) is 12.5. The minimum atomic E-state index is -4.47. The Labute approximate surface area is 194 Å². The predicted octanol–water partition coefficient (Wildman–Crippen LogP) is 2.56. The number of pyridine rings is 2. The summed E-state index contributed by atoms with van der Waals surface area (Å²) in [6, 6.07) is 5.65. The van der Waals surface area contributed by atoms with Crippen LogP contribution in [0.15, 0.2) is 53.7 Å². The van der Waals surface area contributed by atoms with E-state index in [9.17, 15) is 13.2 Å². The van der Waals surface area contributed by atoms with E-state index in [0.717, 1.165) is 17.8 Å². The van der Waals surface area contributed by atoms with Gasteiger partial charge in [0.05, 0.1) is 35.3 Å². The van der Waals surface area contributed by atoms with E-state index in [4.69, 9.17) is 9.26 Å². The van der Waals surface area contributed by atoms with E-state index < -0.39 is 11.7 Å². The Kier molecular flexibility index (Phi) is 5.64. The Morgan fingerprint density at radius 2 is 1.94 bits per heavy atom. The Balaban J connectivity index is 1.30. The first-order chi connectivity index (χ1) is 16.9. The average molecular weight is 484 g/mol. The van der Waals surface area contributed by atoms with Crippen LogP contribution in [0.25, 0.3) is 22.8 Å². The zero-order valence-corrected chi connectivity index (χ0v) is 18.0. The minimum absolute atomic E-state index is 0.0317. The Hall–Kier alpha value is -4.69. The van der Waals surface area contributed by atoms with Gasteiger partial charge in [-0.2, -0.15) is 23.3 Å². The van der Waals surface area contributed by atoms with Gasteiger partial charge in [-0.25, -0.2) is 9.67 Å². The van der Waals surface area contributed by atoms with Crippen molar-refractivity contribution in [3.05, 3.63) is 66.1 Å². The van der Waals surface area contributed by atoms with Crippen molar-refractivity contribution >= 4 is 0 Å². The summed E-state index contributed by atoms with van der Waals surface area (Å²) in [5.74, 6) is 0.552. The monoisotopic (exact) mass is 484 g/mol. The highest BCUT2D eigenvalue weighted by atomic mass is 19.4. The van der Waals surface area contributed by atoms with Crippen LogP contribution in [0.5, 0.6) is 5.88 Å². The topological polar surface area (TPSA) is 135 Å². The molecule has 12 nitrogen and oxygen atoms in total. The van der Waals surface area contributed by atoms with Crippen molar-refractivity contribution in [1.29, 1.82) is 0 Å². The first kappa shape index (κ1) is 22.1. The number of aryl methyl sites for hydroxylation is 1. The average Bonchev–Trinajstić information content (AvgIpc) is 3.60. The molecule has 0 amide bonds. The third-order valence-electron chi connectivity index (χ3n) is 4.94. The molecular formula is C20H15F3N10O2. The third-order valence-corrected chi connectivity index (χ3v) is 4.94. The molecule has 0 spiro atoms. The van der Waals surface area contributed by atoms with Gasteiger partial charge in [0.15, 0.2) is 0 Å². The normalized spacial score (nSPS) is 11.7. The molecule has 0 fully saturated rings. The van der Waals surface area contributed by atoms with E-state index in [1.807, 2.05) is 0 Å². The molecule has 0 aliphatic carbocycles. The van der Waals surface area contributed by atoms with Gasteiger partial charge >= 0.3 is 6.18 Å². The largest absolute Gasteiger partial charge is 0.471 e. The van der Waals surface area contributed by atoms with Gasteiger partial charge in [-0.15, -0.1) is 5.10 Å². The highest BCUT2D eigenvalue weighted by molar-refractivity contribution is 5.60. The number of aromatic nitrogens is 10. The van der Waals surface area contributed by atoms with Gasteiger partial charge in [0.25, 0.3) is 5.89 Å². The smallest absolute Gasteiger partial charge is 0.417 e. The molecule has 0 bridgehead atoms. The summed E-state index contributed by atoms with van der Waals surface area (Å²) in [6.07, 6.45) is 0.873. The van der Waals surface area contributed by atoms with Crippen LogP contribution in [0.2, 0.25) is 0 Å². The van der Waals surface area contributed by atoms with Crippen molar-refractivity contribution in [2.75, 3.05) is 0 Å². The SMILES string of the molecule is Cn1ncc(-c2nc(-c3ccc(Cn4cnnn4)nc3)no2)c1COc1ccc(C(F)(F)F)cn1. The quantitative estimate of drug-likeness (QED) is 0.339. The molecule has 0 unspecified atom stereocenters. The van der Waals surface area contributed by atoms with Crippen LogP contribution in [-0.4, -0.2) is 50.1 Å². The van der Waals surface area contributed by atoms with Gasteiger partial charge < -0.3 is 9.26 Å². The van der Waals surface area contributed by atoms with E-state index in [1.165, 1.54) is 12.5 Å². The van der Waals surface area contributed by atoms with Crippen molar-refractivity contribution in [1.82, 2.24) is 50.1 Å². The zero-order valence-electron chi connectivity index (χ0n) is 18.0. The van der Waals surface area contributed by atoms with Crippen molar-refractivity contribution in [3.8, 4) is 28.7 Å². The summed E-state index contributed by atoms with van der Waals surface area (Å²) >= 11 is 0. The molecule has 5 aromatic rings. The first-order valence-electron chi connectivity index (χ1n) is 10.0. The fraction of sp³-hybridized carbons (Fsp3) is 0.200. The number of hydrogen-bond acceptors (Lipinski definition) is 10. The Bertz CT molecular complexity index is 1410. The number of ether oxygens (including phenoxy) is 1. The van der Waals surface area contributed by atoms with Crippen LogP contribution in [0.4, 0.5) is 13.2 Å². The molecule has 5 heterocycles. The summed E-state index contributed by atoms with van der Waals surface area (Å²) in [5.41, 5.74) is 1.60. The van der Waals surface area contributed by atoms with Gasteiger partial charge in [-0.1, -0.05) is 5.16 Å². The molecule has 5 aromatic heterocycles. The summed E-state index contributed by atoms with van der Waals surface area (Å²) in [7, 11) is 1.69. The van der Waals surface area contributed by atoms with E-state index in [2.05, 4.69) is 40.7 Å². The molecule has 0 saturated heterocycles. The van der Waals surface area contributed by atoms with Crippen molar-refractivity contribution in [2.24, 2.45) is 7.05 Å². The summed E-state index contributed by atoms with van der Waals surface area (Å²) < 4.78 is 52.2. The Morgan fingerprint density at radius 1 is 1.06 bits per heavy atom. The van der Waals surface area contributed by atoms with E-state index in [1.54, 1.807) is 34.7 Å². The first-order valence-corrected chi connectivity index (χ1v) is 10.0. The van der Waals surface area contributed by atoms with Gasteiger partial charge in [0, 0.05) is 31.1 Å². The highest BCUT2D eigenvalue weighted by Gasteiger charge is 2.30. The van der Waals surface area contributed by atoms with E-state index in [0.29, 0.717) is 35.4 Å². The Morgan fingerprint density at radius 3 is 2.63 bits per heavy atom. The number of rotatable bonds is 7. The van der Waals surface area contributed by atoms with Gasteiger partial charge in [-0.3, -0.25) is 9.67 Å². The fourth-order valence-corrected chi connectivity index (χ4v) is 3.11. The third kappa shape index (κ3) is 4.83. The second-order valence-corrected chi connectivity index (χ2v) is 7.27. The molecule has 35 heavy (non-hydrogen) atoms. The van der Waals surface area contributed by atoms with Crippen molar-refractivity contribution in [2.45, 2.75) is 19.3 Å². The molecule has 0 aliphatic rings. The van der Waals surface area contributed by atoms with Crippen LogP contribution in [0.1, 0.15) is 17.0 Å². The lowest BCUT2D eigenvalue weighted by molar-refractivity contribution is -0.137. The van der Waals surface area contributed by atoms with Gasteiger partial charge in [0.2, 0.25) is 11.7 Å². The van der Waals surface area contributed by atoms with Crippen molar-refractivity contribution in [3.63, 3.8) is 0 Å². The molecule has 15 heteroatoms. The maximum Gasteiger partial charge on any atom is 0.417 e. The van der Waals surface area contributed by atoms with Crippen LogP contribution in [0.3, 0.4) is 0 Å². The second-order valence-electron chi connectivity index (χ2n) is 7.27. The molecule has 0 atom stereocenters. The maximum atomic E-state index is 12.7. The molecule has 178 valence electrons. The maximum absolute atomic E-state index is 12.7. The van der Waals surface area contributed by atoms with Crippen LogP contribution >= 0.6 is 0 Å². The lowest BCUT2D eigenvalue weighted by Gasteiger charge is -2.09. The van der Waals surface area contributed by atoms with E-state index in [-0.39, 0.29) is 18.4 Å². The lowest BCUT2D eigenvalue weighted by Crippen LogP contribution is -2.07. The summed E-state index contributed by atoms with van der Waals surface area (Å²) in [6.45, 7) is 0.382. The number of nitrogens with zero attached hydrogens (tertiary/aromatic N) is 10. The lowest BCUT2D eigenvalue weighted by atomic mass is 10.2. The minimum Gasteiger partial charge on any atom is -0.471 e. The van der Waals surface area contributed by atoms with Crippen LogP contribution in [0, 0.1) is 0 Å². The molecule has 0 saturated carbocycles. The van der Waals surface area contributed by atoms with Crippen LogP contribution < -0.4 is 4.74 Å². The number of alkyl halides is 3. The zero-order chi connectivity index (χ0) is 24.4. The van der Waals surface area contributed by atoms with E-state index >= 15 is 0 Å². The molecular weight excluding hydrogens is 469 g/mol. The van der Waals surface area contributed by atoms with Crippen molar-refractivity contribution < 1.29 is 22.4 Å². The predicted molar refractivity (Wildman–Crippen MR) is 110 cm³/mol. The molecule has 0 aliphatic heterocycles. The molecule has 5 rings (SSSR count).